The van der Waals surface area contributed by atoms with Gasteiger partial charge in [-0.3, -0.25) is 14.9 Å². The van der Waals surface area contributed by atoms with Crippen molar-refractivity contribution in [3.05, 3.63) is 66.6 Å². The van der Waals surface area contributed by atoms with Crippen molar-refractivity contribution >= 4 is 56.4 Å². The van der Waals surface area contributed by atoms with Crippen LogP contribution in [0.15, 0.2) is 40.9 Å². The Labute approximate surface area is 138 Å². The van der Waals surface area contributed by atoms with Crippen LogP contribution >= 0.6 is 39.1 Å². The lowest BCUT2D eigenvalue weighted by molar-refractivity contribution is -0.385. The minimum absolute atomic E-state index is 0.112. The average molecular weight is 390 g/mol. The molecular weight excluding hydrogens is 383 g/mol. The van der Waals surface area contributed by atoms with Crippen LogP contribution in [0.25, 0.3) is 0 Å². The van der Waals surface area contributed by atoms with Crippen molar-refractivity contribution in [1.29, 1.82) is 0 Å². The van der Waals surface area contributed by atoms with Crippen LogP contribution in [-0.4, -0.2) is 10.8 Å². The maximum atomic E-state index is 12.2. The lowest BCUT2D eigenvalue weighted by Gasteiger charge is -2.07. The second-order valence-corrected chi connectivity index (χ2v) is 5.70. The van der Waals surface area contributed by atoms with Crippen molar-refractivity contribution < 1.29 is 9.72 Å². The van der Waals surface area contributed by atoms with Crippen molar-refractivity contribution in [3.63, 3.8) is 0 Å². The molecule has 0 fully saturated rings. The molecule has 0 aliphatic heterocycles. The molecule has 108 valence electrons. The summed E-state index contributed by atoms with van der Waals surface area (Å²) in [6, 6.07) is 8.57. The highest BCUT2D eigenvalue weighted by Crippen LogP contribution is 2.27. The number of hydrogen-bond acceptors (Lipinski definition) is 3. The van der Waals surface area contributed by atoms with E-state index in [2.05, 4.69) is 21.2 Å². The fourth-order valence-electron chi connectivity index (χ4n) is 1.62. The monoisotopic (exact) mass is 388 g/mol. The molecule has 0 aromatic heterocycles. The molecule has 8 heteroatoms. The molecular formula is C13H7BrCl2N2O3. The van der Waals surface area contributed by atoms with Crippen LogP contribution in [0.3, 0.4) is 0 Å². The van der Waals surface area contributed by atoms with Crippen molar-refractivity contribution in [2.45, 2.75) is 0 Å². The lowest BCUT2D eigenvalue weighted by atomic mass is 10.1. The van der Waals surface area contributed by atoms with Crippen molar-refractivity contribution in [2.24, 2.45) is 0 Å². The van der Waals surface area contributed by atoms with Gasteiger partial charge in [0.2, 0.25) is 0 Å². The number of nitro groups is 1. The van der Waals surface area contributed by atoms with Crippen LogP contribution in [0.5, 0.6) is 0 Å². The number of carbonyl (C=O) groups is 1. The van der Waals surface area contributed by atoms with Crippen LogP contribution in [0, 0.1) is 10.1 Å². The standard InChI is InChI=1S/C13H7BrCl2N2O3/c14-10-6-8(2-3-11(10)16)17-13(19)9-5-7(15)1-4-12(9)18(20)21/h1-6H,(H,17,19). The van der Waals surface area contributed by atoms with Gasteiger partial charge in [-0.15, -0.1) is 0 Å². The number of nitro benzene ring substituents is 1. The Morgan fingerprint density at radius 1 is 1.19 bits per heavy atom. The number of carbonyl (C=O) groups excluding carboxylic acids is 1. The van der Waals surface area contributed by atoms with Gasteiger partial charge in [0, 0.05) is 21.2 Å². The van der Waals surface area contributed by atoms with Crippen LogP contribution in [-0.2, 0) is 0 Å². The Hall–Kier alpha value is -1.63. The molecule has 0 unspecified atom stereocenters. The molecule has 2 rings (SSSR count). The van der Waals surface area contributed by atoms with Crippen LogP contribution in [0.4, 0.5) is 11.4 Å². The van der Waals surface area contributed by atoms with E-state index in [-0.39, 0.29) is 16.3 Å². The normalized spacial score (nSPS) is 10.2. The Bertz CT molecular complexity index is 737. The molecule has 0 aliphatic rings. The minimum atomic E-state index is -0.636. The molecule has 5 nitrogen and oxygen atoms in total. The van der Waals surface area contributed by atoms with Gasteiger partial charge < -0.3 is 5.32 Å². The first-order valence-corrected chi connectivity index (χ1v) is 7.13. The van der Waals surface area contributed by atoms with Gasteiger partial charge in [-0.2, -0.15) is 0 Å². The van der Waals surface area contributed by atoms with Crippen molar-refractivity contribution in [3.8, 4) is 0 Å². The minimum Gasteiger partial charge on any atom is -0.322 e. The Balaban J connectivity index is 2.34. The van der Waals surface area contributed by atoms with Gasteiger partial charge in [0.05, 0.1) is 9.95 Å². The van der Waals surface area contributed by atoms with Crippen molar-refractivity contribution in [1.82, 2.24) is 0 Å². The third-order valence-electron chi connectivity index (χ3n) is 2.58. The largest absolute Gasteiger partial charge is 0.322 e. The first-order valence-electron chi connectivity index (χ1n) is 5.59. The predicted octanol–water partition coefficient (Wildman–Crippen LogP) is 4.92. The third-order valence-corrected chi connectivity index (χ3v) is 4.03. The lowest BCUT2D eigenvalue weighted by Crippen LogP contribution is -2.14. The van der Waals surface area contributed by atoms with E-state index in [1.807, 2.05) is 0 Å². The molecule has 1 N–H and O–H groups in total. The van der Waals surface area contributed by atoms with Gasteiger partial charge in [0.1, 0.15) is 5.56 Å². The molecule has 2 aromatic carbocycles. The summed E-state index contributed by atoms with van der Waals surface area (Å²) >= 11 is 14.9. The molecule has 0 aliphatic carbocycles. The average Bonchev–Trinajstić information content (AvgIpc) is 2.42. The Morgan fingerprint density at radius 2 is 1.90 bits per heavy atom. The molecule has 1 amide bonds. The fraction of sp³-hybridized carbons (Fsp3) is 0. The number of nitrogens with zero attached hydrogens (tertiary/aromatic N) is 1. The van der Waals surface area contributed by atoms with Gasteiger partial charge in [-0.25, -0.2) is 0 Å². The molecule has 21 heavy (non-hydrogen) atoms. The van der Waals surface area contributed by atoms with Crippen LogP contribution in [0.1, 0.15) is 10.4 Å². The molecule has 0 radical (unpaired) electrons. The smallest absolute Gasteiger partial charge is 0.282 e. The van der Waals surface area contributed by atoms with Gasteiger partial charge in [0.15, 0.2) is 0 Å². The predicted molar refractivity (Wildman–Crippen MR) is 85.2 cm³/mol. The summed E-state index contributed by atoms with van der Waals surface area (Å²) in [5.41, 5.74) is 0.0223. The van der Waals surface area contributed by atoms with E-state index in [0.29, 0.717) is 15.2 Å². The summed E-state index contributed by atoms with van der Waals surface area (Å²) < 4.78 is 0.600. The Kier molecular flexibility index (Phi) is 4.82. The maximum Gasteiger partial charge on any atom is 0.282 e. The number of anilines is 1. The van der Waals surface area contributed by atoms with E-state index < -0.39 is 10.8 Å². The summed E-state index contributed by atoms with van der Waals surface area (Å²) in [5, 5.41) is 14.2. The second-order valence-electron chi connectivity index (χ2n) is 4.00. The van der Waals surface area contributed by atoms with Crippen molar-refractivity contribution in [2.75, 3.05) is 5.32 Å². The topological polar surface area (TPSA) is 72.2 Å². The van der Waals surface area contributed by atoms with E-state index in [0.717, 1.165) is 0 Å². The summed E-state index contributed by atoms with van der Waals surface area (Å²) in [7, 11) is 0. The quantitative estimate of drug-likeness (QED) is 0.598. The highest BCUT2D eigenvalue weighted by molar-refractivity contribution is 9.10. The highest BCUT2D eigenvalue weighted by Gasteiger charge is 2.20. The maximum absolute atomic E-state index is 12.2. The summed E-state index contributed by atoms with van der Waals surface area (Å²) in [4.78, 5) is 22.5. The fourth-order valence-corrected chi connectivity index (χ4v) is 2.29. The van der Waals surface area contributed by atoms with E-state index >= 15 is 0 Å². The summed E-state index contributed by atoms with van der Waals surface area (Å²) in [5.74, 6) is -0.626. The Morgan fingerprint density at radius 3 is 2.52 bits per heavy atom. The molecule has 0 saturated carbocycles. The highest BCUT2D eigenvalue weighted by atomic mass is 79.9. The zero-order valence-corrected chi connectivity index (χ0v) is 13.4. The van der Waals surface area contributed by atoms with Gasteiger partial charge in [0.25, 0.3) is 11.6 Å². The van der Waals surface area contributed by atoms with E-state index in [1.165, 1.54) is 18.2 Å². The number of hydrogen-bond donors (Lipinski definition) is 1. The first-order chi connectivity index (χ1) is 9.88. The zero-order valence-electron chi connectivity index (χ0n) is 10.3. The second kappa shape index (κ2) is 6.43. The molecule has 2 aromatic rings. The van der Waals surface area contributed by atoms with E-state index in [4.69, 9.17) is 23.2 Å². The van der Waals surface area contributed by atoms with Gasteiger partial charge in [-0.1, -0.05) is 23.2 Å². The summed E-state index contributed by atoms with van der Waals surface area (Å²) in [6.45, 7) is 0. The van der Waals surface area contributed by atoms with Crippen LogP contribution in [0.2, 0.25) is 10.0 Å². The van der Waals surface area contributed by atoms with E-state index in [9.17, 15) is 14.9 Å². The molecule has 0 heterocycles. The first kappa shape index (κ1) is 15.8. The molecule has 0 bridgehead atoms. The molecule has 0 spiro atoms. The number of rotatable bonds is 3. The SMILES string of the molecule is O=C(Nc1ccc(Cl)c(Br)c1)c1cc(Cl)ccc1[N+](=O)[O-]. The molecule has 0 saturated heterocycles. The number of amides is 1. The van der Waals surface area contributed by atoms with E-state index in [1.54, 1.807) is 18.2 Å². The van der Waals surface area contributed by atoms with Crippen LogP contribution < -0.4 is 5.32 Å². The van der Waals surface area contributed by atoms with Gasteiger partial charge >= 0.3 is 0 Å². The number of nitrogens with one attached hydrogen (secondary N) is 1. The summed E-state index contributed by atoms with van der Waals surface area (Å²) in [6.07, 6.45) is 0. The number of halogens is 3. The third kappa shape index (κ3) is 3.72. The number of benzene rings is 2. The van der Waals surface area contributed by atoms with Gasteiger partial charge in [-0.05, 0) is 46.3 Å². The zero-order chi connectivity index (χ0) is 15.6. The molecule has 0 atom stereocenters.